The molecule has 0 aliphatic heterocycles. The number of nitrogens with zero attached hydrogens (tertiary/aromatic N) is 1. The molecule has 102 valence electrons. The highest BCUT2D eigenvalue weighted by atomic mass is 16.5. The average Bonchev–Trinajstić information content (AvgIpc) is 2.45. The van der Waals surface area contributed by atoms with E-state index in [4.69, 9.17) is 4.74 Å². The molecule has 0 bridgehead atoms. The summed E-state index contributed by atoms with van der Waals surface area (Å²) in [5.41, 5.74) is 3.87. The van der Waals surface area contributed by atoms with Crippen LogP contribution in [0.15, 0.2) is 42.2 Å². The molecule has 0 unspecified atom stereocenters. The maximum absolute atomic E-state index is 5.45. The van der Waals surface area contributed by atoms with Gasteiger partial charge in [0.2, 0.25) is 0 Å². The fourth-order valence-electron chi connectivity index (χ4n) is 2.31. The van der Waals surface area contributed by atoms with Crippen LogP contribution in [0.5, 0.6) is 0 Å². The third-order valence-electron chi connectivity index (χ3n) is 3.44. The largest absolute Gasteiger partial charge is 0.496 e. The van der Waals surface area contributed by atoms with Crippen LogP contribution in [0.3, 0.4) is 0 Å². The molecule has 0 saturated carbocycles. The van der Waals surface area contributed by atoms with E-state index in [1.807, 2.05) is 0 Å². The van der Waals surface area contributed by atoms with Crippen LogP contribution in [-0.4, -0.2) is 32.6 Å². The molecule has 1 aromatic carbocycles. The number of benzene rings is 1. The summed E-state index contributed by atoms with van der Waals surface area (Å²) in [5, 5.41) is 0. The first kappa shape index (κ1) is 13.9. The van der Waals surface area contributed by atoms with Gasteiger partial charge in [-0.3, -0.25) is 0 Å². The van der Waals surface area contributed by atoms with Crippen LogP contribution in [-0.2, 0) is 11.2 Å². The van der Waals surface area contributed by atoms with E-state index in [2.05, 4.69) is 55.4 Å². The van der Waals surface area contributed by atoms with E-state index in [1.54, 1.807) is 7.11 Å². The van der Waals surface area contributed by atoms with Gasteiger partial charge in [-0.1, -0.05) is 30.3 Å². The van der Waals surface area contributed by atoms with Crippen molar-refractivity contribution in [3.63, 3.8) is 0 Å². The summed E-state index contributed by atoms with van der Waals surface area (Å²) in [7, 11) is 5.96. The Morgan fingerprint density at radius 1 is 1.05 bits per heavy atom. The zero-order valence-corrected chi connectivity index (χ0v) is 12.1. The summed E-state index contributed by atoms with van der Waals surface area (Å²) in [6.45, 7) is 1.09. The third-order valence-corrected chi connectivity index (χ3v) is 3.44. The summed E-state index contributed by atoms with van der Waals surface area (Å²) in [6, 6.07) is 8.85. The number of methoxy groups -OCH3 is 1. The molecule has 1 aliphatic carbocycles. The number of hydrogen-bond donors (Lipinski definition) is 0. The highest BCUT2D eigenvalue weighted by Gasteiger charge is 2.11. The summed E-state index contributed by atoms with van der Waals surface area (Å²) in [5.74, 6) is 1.01. The molecule has 0 atom stereocenters. The van der Waals surface area contributed by atoms with Crippen LogP contribution in [0.2, 0.25) is 0 Å². The predicted molar refractivity (Wildman–Crippen MR) is 81.0 cm³/mol. The van der Waals surface area contributed by atoms with Crippen molar-refractivity contribution >= 4 is 5.57 Å². The zero-order valence-electron chi connectivity index (χ0n) is 12.1. The lowest BCUT2D eigenvalue weighted by atomic mass is 9.96. The van der Waals surface area contributed by atoms with Gasteiger partial charge in [0.1, 0.15) is 5.76 Å². The van der Waals surface area contributed by atoms with Gasteiger partial charge in [0.25, 0.3) is 0 Å². The molecule has 0 heterocycles. The molecule has 0 spiro atoms. The Labute approximate surface area is 116 Å². The summed E-state index contributed by atoms with van der Waals surface area (Å²) >= 11 is 0. The molecule has 19 heavy (non-hydrogen) atoms. The lowest BCUT2D eigenvalue weighted by Crippen LogP contribution is -2.14. The molecule has 0 radical (unpaired) electrons. The van der Waals surface area contributed by atoms with E-state index in [-0.39, 0.29) is 0 Å². The van der Waals surface area contributed by atoms with Crippen molar-refractivity contribution in [2.45, 2.75) is 19.3 Å². The second-order valence-electron chi connectivity index (χ2n) is 5.22. The van der Waals surface area contributed by atoms with Crippen LogP contribution in [0.4, 0.5) is 0 Å². The average molecular weight is 257 g/mol. The Morgan fingerprint density at radius 3 is 2.37 bits per heavy atom. The maximum Gasteiger partial charge on any atom is 0.122 e. The van der Waals surface area contributed by atoms with E-state index in [1.165, 1.54) is 16.7 Å². The topological polar surface area (TPSA) is 12.5 Å². The second kappa shape index (κ2) is 6.58. The minimum Gasteiger partial charge on any atom is -0.496 e. The Hall–Kier alpha value is -1.54. The highest BCUT2D eigenvalue weighted by molar-refractivity contribution is 5.78. The van der Waals surface area contributed by atoms with Crippen LogP contribution in [0.1, 0.15) is 24.0 Å². The van der Waals surface area contributed by atoms with Gasteiger partial charge in [-0.05, 0) is 50.6 Å². The van der Waals surface area contributed by atoms with E-state index in [9.17, 15) is 0 Å². The Balaban J connectivity index is 2.10. The van der Waals surface area contributed by atoms with Gasteiger partial charge in [-0.15, -0.1) is 0 Å². The number of allylic oxidation sites excluding steroid dienone is 3. The van der Waals surface area contributed by atoms with Crippen molar-refractivity contribution in [3.05, 3.63) is 53.3 Å². The fourth-order valence-corrected chi connectivity index (χ4v) is 2.31. The van der Waals surface area contributed by atoms with Crippen LogP contribution < -0.4 is 0 Å². The van der Waals surface area contributed by atoms with Gasteiger partial charge in [-0.2, -0.15) is 0 Å². The van der Waals surface area contributed by atoms with E-state index in [0.29, 0.717) is 0 Å². The molecule has 0 amide bonds. The first-order chi connectivity index (χ1) is 9.20. The molecule has 0 fully saturated rings. The fraction of sp³-hybridized carbons (Fsp3) is 0.412. The normalized spacial score (nSPS) is 15.2. The third kappa shape index (κ3) is 3.71. The Morgan fingerprint density at radius 2 is 1.74 bits per heavy atom. The lowest BCUT2D eigenvalue weighted by Gasteiger charge is -2.16. The van der Waals surface area contributed by atoms with Gasteiger partial charge in [0.15, 0.2) is 0 Å². The van der Waals surface area contributed by atoms with Gasteiger partial charge < -0.3 is 9.64 Å². The minimum absolute atomic E-state index is 1.01. The molecule has 2 nitrogen and oxygen atoms in total. The van der Waals surface area contributed by atoms with E-state index < -0.39 is 0 Å². The van der Waals surface area contributed by atoms with Gasteiger partial charge in [0, 0.05) is 12.1 Å². The SMILES string of the molecule is COC1=CCCC=C1c1ccc(CCN(C)C)cc1. The van der Waals surface area contributed by atoms with Crippen molar-refractivity contribution in [1.29, 1.82) is 0 Å². The van der Waals surface area contributed by atoms with E-state index in [0.717, 1.165) is 31.6 Å². The molecular formula is C17H23NO. The molecule has 1 aliphatic rings. The molecule has 1 aromatic rings. The molecule has 2 rings (SSSR count). The van der Waals surface area contributed by atoms with Gasteiger partial charge in [0.05, 0.1) is 7.11 Å². The summed E-state index contributed by atoms with van der Waals surface area (Å²) in [6.07, 6.45) is 7.72. The lowest BCUT2D eigenvalue weighted by molar-refractivity contribution is 0.308. The summed E-state index contributed by atoms with van der Waals surface area (Å²) < 4.78 is 5.45. The van der Waals surface area contributed by atoms with Crippen molar-refractivity contribution < 1.29 is 4.74 Å². The highest BCUT2D eigenvalue weighted by Crippen LogP contribution is 2.28. The van der Waals surface area contributed by atoms with E-state index >= 15 is 0 Å². The first-order valence-electron chi connectivity index (χ1n) is 6.89. The standard InChI is InChI=1S/C17H23NO/c1-18(2)13-12-14-8-10-15(11-9-14)16-6-4-5-7-17(16)19-3/h6-11H,4-5,12-13H2,1-3H3. The molecule has 0 saturated heterocycles. The minimum atomic E-state index is 1.01. The number of ether oxygens (including phenoxy) is 1. The quantitative estimate of drug-likeness (QED) is 0.800. The van der Waals surface area contributed by atoms with Gasteiger partial charge in [-0.25, -0.2) is 0 Å². The predicted octanol–water partition coefficient (Wildman–Crippen LogP) is 3.50. The van der Waals surface area contributed by atoms with Crippen molar-refractivity contribution in [2.24, 2.45) is 0 Å². The van der Waals surface area contributed by atoms with Crippen LogP contribution >= 0.6 is 0 Å². The number of rotatable bonds is 5. The van der Waals surface area contributed by atoms with Crippen molar-refractivity contribution in [3.8, 4) is 0 Å². The number of likely N-dealkylation sites (N-methyl/N-ethyl adjacent to an activating group) is 1. The molecular weight excluding hydrogens is 234 g/mol. The van der Waals surface area contributed by atoms with Crippen LogP contribution in [0.25, 0.3) is 5.57 Å². The molecule has 2 heteroatoms. The smallest absolute Gasteiger partial charge is 0.122 e. The Kier molecular flexibility index (Phi) is 4.80. The molecule has 0 aromatic heterocycles. The zero-order chi connectivity index (χ0) is 13.7. The second-order valence-corrected chi connectivity index (χ2v) is 5.22. The first-order valence-corrected chi connectivity index (χ1v) is 6.89. The van der Waals surface area contributed by atoms with Crippen molar-refractivity contribution in [1.82, 2.24) is 4.90 Å². The van der Waals surface area contributed by atoms with Crippen molar-refractivity contribution in [2.75, 3.05) is 27.7 Å². The summed E-state index contributed by atoms with van der Waals surface area (Å²) in [4.78, 5) is 2.21. The maximum atomic E-state index is 5.45. The Bertz CT molecular complexity index is 469. The monoisotopic (exact) mass is 257 g/mol. The molecule has 0 N–H and O–H groups in total. The number of hydrogen-bond acceptors (Lipinski definition) is 2. The van der Waals surface area contributed by atoms with Gasteiger partial charge >= 0.3 is 0 Å². The van der Waals surface area contributed by atoms with Crippen LogP contribution in [0, 0.1) is 0 Å².